The zero-order valence-electron chi connectivity index (χ0n) is 9.92. The Kier molecular flexibility index (Phi) is 4.31. The molecule has 0 bridgehead atoms. The number of methoxy groups -OCH3 is 1. The second-order valence-corrected chi connectivity index (χ2v) is 3.60. The molecule has 0 aliphatic heterocycles. The smallest absolute Gasteiger partial charge is 0.463 e. The average Bonchev–Trinajstić information content (AvgIpc) is 2.36. The number of hydrogen-bond donors (Lipinski definition) is 1. The van der Waals surface area contributed by atoms with Gasteiger partial charge in [0.15, 0.2) is 0 Å². The van der Waals surface area contributed by atoms with E-state index in [4.69, 9.17) is 0 Å². The summed E-state index contributed by atoms with van der Waals surface area (Å²) >= 11 is 0. The molecule has 1 amide bonds. The Morgan fingerprint density at radius 3 is 2.25 bits per heavy atom. The lowest BCUT2D eigenvalue weighted by molar-refractivity contribution is -0.267. The van der Waals surface area contributed by atoms with Gasteiger partial charge in [-0.15, -0.1) is 0 Å². The average molecular weight is 297 g/mol. The number of nitrogens with one attached hydrogen (secondary N) is 1. The van der Waals surface area contributed by atoms with Crippen LogP contribution in [0.1, 0.15) is 10.4 Å². The van der Waals surface area contributed by atoms with E-state index in [1.54, 1.807) is 0 Å². The number of carbonyl (C=O) groups excluding carboxylic acids is 2. The third kappa shape index (κ3) is 3.22. The first kappa shape index (κ1) is 15.9. The SMILES string of the molecule is COC(=O)c1cccc(NC(=O)C(F)(F)C(F)(F)F)c1. The molecule has 1 rings (SSSR count). The molecule has 1 aromatic rings. The minimum absolute atomic E-state index is 0.111. The molecule has 0 saturated carbocycles. The van der Waals surface area contributed by atoms with E-state index in [-0.39, 0.29) is 11.3 Å². The van der Waals surface area contributed by atoms with Crippen LogP contribution in [0.5, 0.6) is 0 Å². The number of anilines is 1. The fourth-order valence-corrected chi connectivity index (χ4v) is 1.18. The van der Waals surface area contributed by atoms with Crippen molar-refractivity contribution in [3.05, 3.63) is 29.8 Å². The van der Waals surface area contributed by atoms with Crippen LogP contribution in [-0.2, 0) is 9.53 Å². The molecular formula is C11H8F5NO3. The largest absolute Gasteiger partial charge is 0.465 e. The third-order valence-electron chi connectivity index (χ3n) is 2.18. The Morgan fingerprint density at radius 2 is 1.75 bits per heavy atom. The van der Waals surface area contributed by atoms with Crippen molar-refractivity contribution in [3.63, 3.8) is 0 Å². The van der Waals surface area contributed by atoms with Gasteiger partial charge in [0.2, 0.25) is 0 Å². The number of benzene rings is 1. The molecule has 0 aliphatic rings. The van der Waals surface area contributed by atoms with Crippen LogP contribution in [0.2, 0.25) is 0 Å². The highest BCUT2D eigenvalue weighted by Crippen LogP contribution is 2.36. The lowest BCUT2D eigenvalue weighted by Gasteiger charge is -2.18. The maximum atomic E-state index is 12.7. The first-order valence-corrected chi connectivity index (χ1v) is 5.04. The van der Waals surface area contributed by atoms with Gasteiger partial charge in [-0.25, -0.2) is 4.79 Å². The molecule has 0 atom stereocenters. The van der Waals surface area contributed by atoms with E-state index in [0.29, 0.717) is 0 Å². The molecular weight excluding hydrogens is 289 g/mol. The maximum Gasteiger partial charge on any atom is 0.463 e. The first-order valence-electron chi connectivity index (χ1n) is 5.04. The Hall–Kier alpha value is -2.19. The van der Waals surface area contributed by atoms with Crippen molar-refractivity contribution in [2.24, 2.45) is 0 Å². The molecule has 110 valence electrons. The molecule has 1 aromatic carbocycles. The summed E-state index contributed by atoms with van der Waals surface area (Å²) in [4.78, 5) is 22.1. The van der Waals surface area contributed by atoms with Crippen LogP contribution in [0.25, 0.3) is 0 Å². The van der Waals surface area contributed by atoms with E-state index in [1.807, 2.05) is 0 Å². The molecule has 0 unspecified atom stereocenters. The Labute approximate surface area is 109 Å². The maximum absolute atomic E-state index is 12.7. The van der Waals surface area contributed by atoms with E-state index in [0.717, 1.165) is 19.2 Å². The van der Waals surface area contributed by atoms with Crippen LogP contribution in [0, 0.1) is 0 Å². The molecule has 4 nitrogen and oxygen atoms in total. The molecule has 20 heavy (non-hydrogen) atoms. The number of alkyl halides is 5. The van der Waals surface area contributed by atoms with E-state index in [2.05, 4.69) is 4.74 Å². The van der Waals surface area contributed by atoms with Gasteiger partial charge in [-0.05, 0) is 18.2 Å². The highest BCUT2D eigenvalue weighted by Gasteiger charge is 2.63. The van der Waals surface area contributed by atoms with Gasteiger partial charge in [-0.2, -0.15) is 22.0 Å². The number of halogens is 5. The minimum atomic E-state index is -6.00. The summed E-state index contributed by atoms with van der Waals surface area (Å²) in [6, 6.07) is 4.39. The second kappa shape index (κ2) is 5.43. The molecule has 0 aromatic heterocycles. The van der Waals surface area contributed by atoms with Crippen molar-refractivity contribution in [2.45, 2.75) is 12.1 Å². The monoisotopic (exact) mass is 297 g/mol. The minimum Gasteiger partial charge on any atom is -0.465 e. The van der Waals surface area contributed by atoms with Crippen LogP contribution >= 0.6 is 0 Å². The van der Waals surface area contributed by atoms with Gasteiger partial charge >= 0.3 is 24.0 Å². The zero-order chi connectivity index (χ0) is 15.6. The van der Waals surface area contributed by atoms with Crippen LogP contribution < -0.4 is 5.32 Å². The topological polar surface area (TPSA) is 55.4 Å². The summed E-state index contributed by atoms with van der Waals surface area (Å²) in [5.74, 6) is -8.90. The molecule has 1 N–H and O–H groups in total. The van der Waals surface area contributed by atoms with Crippen LogP contribution in [0.4, 0.5) is 27.6 Å². The third-order valence-corrected chi connectivity index (χ3v) is 2.18. The second-order valence-electron chi connectivity index (χ2n) is 3.60. The number of amides is 1. The predicted octanol–water partition coefficient (Wildman–Crippen LogP) is 2.61. The summed E-state index contributed by atoms with van der Waals surface area (Å²) in [6.45, 7) is 0. The molecule has 0 spiro atoms. The molecule has 0 radical (unpaired) electrons. The lowest BCUT2D eigenvalue weighted by atomic mass is 10.2. The Morgan fingerprint density at radius 1 is 1.15 bits per heavy atom. The zero-order valence-corrected chi connectivity index (χ0v) is 9.92. The predicted molar refractivity (Wildman–Crippen MR) is 57.4 cm³/mol. The fourth-order valence-electron chi connectivity index (χ4n) is 1.18. The number of hydrogen-bond acceptors (Lipinski definition) is 3. The van der Waals surface area contributed by atoms with E-state index in [9.17, 15) is 31.5 Å². The quantitative estimate of drug-likeness (QED) is 0.689. The van der Waals surface area contributed by atoms with E-state index >= 15 is 0 Å². The van der Waals surface area contributed by atoms with Crippen LogP contribution in [0.3, 0.4) is 0 Å². The molecule has 9 heteroatoms. The number of ether oxygens (including phenoxy) is 1. The van der Waals surface area contributed by atoms with E-state index in [1.165, 1.54) is 17.4 Å². The Balaban J connectivity index is 2.95. The lowest BCUT2D eigenvalue weighted by Crippen LogP contribution is -2.47. The summed E-state index contributed by atoms with van der Waals surface area (Å²) in [7, 11) is 1.06. The van der Waals surface area contributed by atoms with Gasteiger partial charge in [0.25, 0.3) is 0 Å². The van der Waals surface area contributed by atoms with Gasteiger partial charge in [-0.1, -0.05) is 6.07 Å². The van der Waals surface area contributed by atoms with Crippen molar-refractivity contribution in [1.29, 1.82) is 0 Å². The molecule has 0 aliphatic carbocycles. The van der Waals surface area contributed by atoms with Crippen molar-refractivity contribution < 1.29 is 36.3 Å². The normalized spacial score (nSPS) is 11.9. The van der Waals surface area contributed by atoms with Crippen molar-refractivity contribution in [3.8, 4) is 0 Å². The molecule has 0 saturated heterocycles. The highest BCUT2D eigenvalue weighted by molar-refractivity contribution is 5.98. The van der Waals surface area contributed by atoms with Gasteiger partial charge in [0.05, 0.1) is 12.7 Å². The molecule has 0 heterocycles. The van der Waals surface area contributed by atoms with Gasteiger partial charge in [-0.3, -0.25) is 4.79 Å². The highest BCUT2D eigenvalue weighted by atomic mass is 19.4. The number of carbonyl (C=O) groups is 2. The first-order chi connectivity index (χ1) is 9.09. The summed E-state index contributed by atoms with van der Waals surface area (Å²) in [5.41, 5.74) is -0.498. The summed E-state index contributed by atoms with van der Waals surface area (Å²) < 4.78 is 65.6. The fraction of sp³-hybridized carbons (Fsp3) is 0.273. The summed E-state index contributed by atoms with van der Waals surface area (Å²) in [6.07, 6.45) is -6.00. The summed E-state index contributed by atoms with van der Waals surface area (Å²) in [5, 5.41) is 1.39. The van der Waals surface area contributed by atoms with Gasteiger partial charge in [0.1, 0.15) is 0 Å². The van der Waals surface area contributed by atoms with Gasteiger partial charge in [0, 0.05) is 5.69 Å². The standard InChI is InChI=1S/C11H8F5NO3/c1-20-8(18)6-3-2-4-7(5-6)17-9(19)10(12,13)11(14,15)16/h2-5H,1H3,(H,17,19). The van der Waals surface area contributed by atoms with E-state index < -0.39 is 24.0 Å². The van der Waals surface area contributed by atoms with Gasteiger partial charge < -0.3 is 10.1 Å². The van der Waals surface area contributed by atoms with Crippen molar-refractivity contribution in [2.75, 3.05) is 12.4 Å². The van der Waals surface area contributed by atoms with Crippen molar-refractivity contribution in [1.82, 2.24) is 0 Å². The number of rotatable bonds is 3. The van der Waals surface area contributed by atoms with Crippen LogP contribution in [-0.4, -0.2) is 31.1 Å². The molecule has 0 fully saturated rings. The Bertz CT molecular complexity index is 527. The van der Waals surface area contributed by atoms with Crippen LogP contribution in [0.15, 0.2) is 24.3 Å². The van der Waals surface area contributed by atoms with Crippen molar-refractivity contribution >= 4 is 17.6 Å². The number of esters is 1.